The van der Waals surface area contributed by atoms with Gasteiger partial charge in [-0.2, -0.15) is 5.10 Å². The van der Waals surface area contributed by atoms with Crippen LogP contribution in [0, 0.1) is 19.7 Å². The Morgan fingerprint density at radius 2 is 2.17 bits per heavy atom. The van der Waals surface area contributed by atoms with Gasteiger partial charge in [0.25, 0.3) is 0 Å². The molecule has 1 aliphatic rings. The third-order valence-electron chi connectivity index (χ3n) is 4.45. The van der Waals surface area contributed by atoms with Crippen molar-refractivity contribution in [3.8, 4) is 5.75 Å². The van der Waals surface area contributed by atoms with Crippen LogP contribution in [0.2, 0.25) is 0 Å². The quantitative estimate of drug-likeness (QED) is 0.850. The van der Waals surface area contributed by atoms with Crippen LogP contribution >= 0.6 is 0 Å². The largest absolute Gasteiger partial charge is 0.494 e. The molecule has 124 valence electrons. The summed E-state index contributed by atoms with van der Waals surface area (Å²) in [6.45, 7) is 6.52. The highest BCUT2D eigenvalue weighted by atomic mass is 19.1. The van der Waals surface area contributed by atoms with Crippen LogP contribution in [0.4, 0.5) is 4.39 Å². The van der Waals surface area contributed by atoms with Gasteiger partial charge in [0.15, 0.2) is 11.6 Å². The van der Waals surface area contributed by atoms with Crippen LogP contribution in [0.3, 0.4) is 0 Å². The standard InChI is InChI=1S/C17H23FN4O/c1-12-19-13(2)22(20-12)11-15-5-4-8-21(15)10-14-6-7-17(23-3)16(18)9-14/h6-7,9,15H,4-5,8,10-11H2,1-3H3/t15-/m0/s1. The van der Waals surface area contributed by atoms with E-state index in [2.05, 4.69) is 15.0 Å². The average Bonchev–Trinajstić information content (AvgIpc) is 3.06. The van der Waals surface area contributed by atoms with E-state index in [4.69, 9.17) is 4.74 Å². The van der Waals surface area contributed by atoms with Crippen molar-refractivity contribution in [1.29, 1.82) is 0 Å². The van der Waals surface area contributed by atoms with E-state index in [0.29, 0.717) is 11.8 Å². The number of hydrogen-bond acceptors (Lipinski definition) is 4. The van der Waals surface area contributed by atoms with Gasteiger partial charge >= 0.3 is 0 Å². The summed E-state index contributed by atoms with van der Waals surface area (Å²) in [5.41, 5.74) is 0.974. The Morgan fingerprint density at radius 1 is 1.35 bits per heavy atom. The minimum atomic E-state index is -0.302. The average molecular weight is 318 g/mol. The Labute approximate surface area is 136 Å². The number of hydrogen-bond donors (Lipinski definition) is 0. The molecule has 1 aromatic heterocycles. The first-order valence-corrected chi connectivity index (χ1v) is 8.01. The Balaban J connectivity index is 1.69. The molecule has 0 aliphatic carbocycles. The van der Waals surface area contributed by atoms with Gasteiger partial charge in [0, 0.05) is 12.6 Å². The van der Waals surface area contributed by atoms with Crippen molar-refractivity contribution in [3.05, 3.63) is 41.2 Å². The van der Waals surface area contributed by atoms with Crippen molar-refractivity contribution in [1.82, 2.24) is 19.7 Å². The van der Waals surface area contributed by atoms with Gasteiger partial charge in [-0.3, -0.25) is 4.90 Å². The molecular formula is C17H23FN4O. The van der Waals surface area contributed by atoms with Gasteiger partial charge in [-0.1, -0.05) is 6.07 Å². The molecule has 0 N–H and O–H groups in total. The smallest absolute Gasteiger partial charge is 0.165 e. The Kier molecular flexibility index (Phi) is 4.61. The molecular weight excluding hydrogens is 295 g/mol. The SMILES string of the molecule is COc1ccc(CN2CCC[C@H]2Cn2nc(C)nc2C)cc1F. The molecule has 0 amide bonds. The molecule has 2 aromatic rings. The van der Waals surface area contributed by atoms with Crippen molar-refractivity contribution in [2.75, 3.05) is 13.7 Å². The maximum Gasteiger partial charge on any atom is 0.165 e. The number of rotatable bonds is 5. The van der Waals surface area contributed by atoms with Crippen molar-refractivity contribution < 1.29 is 9.13 Å². The lowest BCUT2D eigenvalue weighted by Gasteiger charge is -2.24. The van der Waals surface area contributed by atoms with E-state index in [-0.39, 0.29) is 5.82 Å². The molecule has 1 aromatic carbocycles. The number of methoxy groups -OCH3 is 1. The normalized spacial score (nSPS) is 18.5. The molecule has 2 heterocycles. The molecule has 0 bridgehead atoms. The molecule has 0 saturated carbocycles. The molecule has 23 heavy (non-hydrogen) atoms. The highest BCUT2D eigenvalue weighted by Crippen LogP contribution is 2.24. The Hall–Kier alpha value is -1.95. The van der Waals surface area contributed by atoms with Gasteiger partial charge in [0.2, 0.25) is 0 Å². The van der Waals surface area contributed by atoms with Gasteiger partial charge in [0.1, 0.15) is 11.6 Å². The predicted octanol–water partition coefficient (Wildman–Crippen LogP) is 2.71. The summed E-state index contributed by atoms with van der Waals surface area (Å²) >= 11 is 0. The second-order valence-electron chi connectivity index (χ2n) is 6.12. The van der Waals surface area contributed by atoms with E-state index < -0.39 is 0 Å². The lowest BCUT2D eigenvalue weighted by molar-refractivity contribution is 0.217. The van der Waals surface area contributed by atoms with Gasteiger partial charge in [-0.15, -0.1) is 0 Å². The fraction of sp³-hybridized carbons (Fsp3) is 0.529. The van der Waals surface area contributed by atoms with Crippen LogP contribution in [0.5, 0.6) is 5.75 Å². The molecule has 6 heteroatoms. The third-order valence-corrected chi connectivity index (χ3v) is 4.45. The number of halogens is 1. The lowest BCUT2D eigenvalue weighted by Crippen LogP contribution is -2.33. The molecule has 1 aliphatic heterocycles. The highest BCUT2D eigenvalue weighted by molar-refractivity contribution is 5.29. The lowest BCUT2D eigenvalue weighted by atomic mass is 10.1. The summed E-state index contributed by atoms with van der Waals surface area (Å²) in [4.78, 5) is 6.76. The number of likely N-dealkylation sites (tertiary alicyclic amines) is 1. The number of benzene rings is 1. The van der Waals surface area contributed by atoms with Gasteiger partial charge in [0.05, 0.1) is 13.7 Å². The minimum Gasteiger partial charge on any atom is -0.494 e. The van der Waals surface area contributed by atoms with Crippen molar-refractivity contribution in [2.45, 2.75) is 45.8 Å². The number of aromatic nitrogens is 3. The maximum atomic E-state index is 13.9. The first-order valence-electron chi connectivity index (χ1n) is 8.01. The van der Waals surface area contributed by atoms with Crippen molar-refractivity contribution >= 4 is 0 Å². The molecule has 3 rings (SSSR count). The maximum absolute atomic E-state index is 13.9. The van der Waals surface area contributed by atoms with Gasteiger partial charge in [-0.05, 0) is 50.9 Å². The highest BCUT2D eigenvalue weighted by Gasteiger charge is 2.26. The second kappa shape index (κ2) is 6.66. The van der Waals surface area contributed by atoms with Crippen LogP contribution < -0.4 is 4.74 Å². The minimum absolute atomic E-state index is 0.292. The zero-order chi connectivity index (χ0) is 16.4. The number of ether oxygens (including phenoxy) is 1. The van der Waals surface area contributed by atoms with E-state index in [0.717, 1.165) is 49.7 Å². The Morgan fingerprint density at radius 3 is 2.83 bits per heavy atom. The Bertz CT molecular complexity index is 685. The van der Waals surface area contributed by atoms with Crippen LogP contribution in [-0.2, 0) is 13.1 Å². The van der Waals surface area contributed by atoms with Crippen LogP contribution in [-0.4, -0.2) is 39.4 Å². The molecule has 0 spiro atoms. The predicted molar refractivity (Wildman–Crippen MR) is 85.9 cm³/mol. The molecule has 0 unspecified atom stereocenters. The van der Waals surface area contributed by atoms with Crippen molar-refractivity contribution in [3.63, 3.8) is 0 Å². The number of nitrogens with zero attached hydrogens (tertiary/aromatic N) is 4. The zero-order valence-electron chi connectivity index (χ0n) is 13.9. The van der Waals surface area contributed by atoms with E-state index in [1.807, 2.05) is 24.6 Å². The summed E-state index contributed by atoms with van der Waals surface area (Å²) in [6, 6.07) is 5.61. The van der Waals surface area contributed by atoms with Crippen molar-refractivity contribution in [2.24, 2.45) is 0 Å². The van der Waals surface area contributed by atoms with Crippen LogP contribution in [0.25, 0.3) is 0 Å². The molecule has 1 saturated heterocycles. The van der Waals surface area contributed by atoms with Gasteiger partial charge < -0.3 is 4.74 Å². The first-order chi connectivity index (χ1) is 11.1. The summed E-state index contributed by atoms with van der Waals surface area (Å²) < 4.78 is 20.8. The van der Waals surface area contributed by atoms with E-state index in [9.17, 15) is 4.39 Å². The topological polar surface area (TPSA) is 43.2 Å². The first kappa shape index (κ1) is 15.9. The van der Waals surface area contributed by atoms with Crippen LogP contribution in [0.15, 0.2) is 18.2 Å². The number of aryl methyl sites for hydroxylation is 2. The van der Waals surface area contributed by atoms with E-state index in [1.165, 1.54) is 7.11 Å². The third kappa shape index (κ3) is 3.52. The van der Waals surface area contributed by atoms with E-state index in [1.54, 1.807) is 12.1 Å². The molecule has 0 radical (unpaired) electrons. The summed E-state index contributed by atoms with van der Waals surface area (Å²) in [6.07, 6.45) is 2.30. The monoisotopic (exact) mass is 318 g/mol. The second-order valence-corrected chi connectivity index (χ2v) is 6.12. The fourth-order valence-electron chi connectivity index (χ4n) is 3.29. The molecule has 1 atom stereocenters. The molecule has 1 fully saturated rings. The summed E-state index contributed by atoms with van der Waals surface area (Å²) in [7, 11) is 1.48. The molecule has 5 nitrogen and oxygen atoms in total. The fourth-order valence-corrected chi connectivity index (χ4v) is 3.29. The summed E-state index contributed by atoms with van der Waals surface area (Å²) in [5.74, 6) is 1.75. The van der Waals surface area contributed by atoms with Gasteiger partial charge in [-0.25, -0.2) is 14.1 Å². The zero-order valence-corrected chi connectivity index (χ0v) is 13.9. The summed E-state index contributed by atoms with van der Waals surface area (Å²) in [5, 5.41) is 4.45. The van der Waals surface area contributed by atoms with Crippen LogP contribution in [0.1, 0.15) is 30.1 Å². The van der Waals surface area contributed by atoms with E-state index >= 15 is 0 Å².